The van der Waals surface area contributed by atoms with E-state index in [1.165, 1.54) is 44.9 Å². The first kappa shape index (κ1) is 19.9. The lowest BCUT2D eigenvalue weighted by atomic mass is 9.70. The van der Waals surface area contributed by atoms with Crippen LogP contribution in [0.3, 0.4) is 0 Å². The van der Waals surface area contributed by atoms with Gasteiger partial charge in [0, 0.05) is 11.6 Å². The quantitative estimate of drug-likeness (QED) is 0.512. The minimum absolute atomic E-state index is 0.193. The molecule has 1 unspecified atom stereocenters. The van der Waals surface area contributed by atoms with Crippen LogP contribution in [0.25, 0.3) is 0 Å². The molecule has 1 atom stereocenters. The van der Waals surface area contributed by atoms with Crippen molar-refractivity contribution in [3.63, 3.8) is 0 Å². The van der Waals surface area contributed by atoms with Gasteiger partial charge >= 0.3 is 0 Å². The molecule has 0 saturated heterocycles. The number of nitrogens with one attached hydrogen (secondary N) is 2. The molecule has 0 aliphatic rings. The minimum Gasteiger partial charge on any atom is -0.315 e. The smallest absolute Gasteiger partial charge is 0.0378 e. The highest BCUT2D eigenvalue weighted by Crippen LogP contribution is 2.32. The first-order valence-electron chi connectivity index (χ1n) is 8.83. The first-order valence-corrected chi connectivity index (χ1v) is 8.83. The largest absolute Gasteiger partial charge is 0.315 e. The number of hydrogen-bond acceptors (Lipinski definition) is 2. The Morgan fingerprint density at radius 1 is 0.800 bits per heavy atom. The van der Waals surface area contributed by atoms with Crippen molar-refractivity contribution in [2.45, 2.75) is 91.1 Å². The fraction of sp³-hybridized carbons (Fsp3) is 1.00. The second kappa shape index (κ2) is 10.6. The van der Waals surface area contributed by atoms with Gasteiger partial charge in [-0.15, -0.1) is 0 Å². The van der Waals surface area contributed by atoms with Gasteiger partial charge in [0.2, 0.25) is 0 Å². The molecule has 0 saturated carbocycles. The van der Waals surface area contributed by atoms with E-state index in [2.05, 4.69) is 59.3 Å². The molecule has 0 radical (unpaired) electrons. The van der Waals surface area contributed by atoms with Crippen LogP contribution in [0.4, 0.5) is 0 Å². The minimum atomic E-state index is 0.193. The molecular weight excluding hydrogens is 244 g/mol. The average molecular weight is 285 g/mol. The van der Waals surface area contributed by atoms with Gasteiger partial charge in [0.25, 0.3) is 0 Å². The van der Waals surface area contributed by atoms with Crippen molar-refractivity contribution in [1.82, 2.24) is 10.6 Å². The Bertz CT molecular complexity index is 215. The van der Waals surface area contributed by atoms with E-state index in [4.69, 9.17) is 0 Å². The molecule has 20 heavy (non-hydrogen) atoms. The number of unbranched alkanes of at least 4 members (excludes halogenated alkanes) is 5. The average Bonchev–Trinajstić information content (AvgIpc) is 2.40. The first-order chi connectivity index (χ1) is 9.47. The van der Waals surface area contributed by atoms with Gasteiger partial charge in [0.1, 0.15) is 0 Å². The van der Waals surface area contributed by atoms with E-state index in [1.54, 1.807) is 0 Å². The zero-order valence-electron chi connectivity index (χ0n) is 15.2. The zero-order valence-corrected chi connectivity index (χ0v) is 15.2. The van der Waals surface area contributed by atoms with E-state index in [9.17, 15) is 0 Å². The van der Waals surface area contributed by atoms with Crippen LogP contribution in [0.1, 0.15) is 79.6 Å². The summed E-state index contributed by atoms with van der Waals surface area (Å²) in [6, 6.07) is 0.554. The topological polar surface area (TPSA) is 24.1 Å². The third kappa shape index (κ3) is 5.37. The van der Waals surface area contributed by atoms with Crippen LogP contribution in [0.5, 0.6) is 0 Å². The van der Waals surface area contributed by atoms with Crippen LogP contribution in [0.2, 0.25) is 0 Å². The second-order valence-electron chi connectivity index (χ2n) is 6.89. The molecular formula is C18H40N2. The van der Waals surface area contributed by atoms with Gasteiger partial charge in [-0.2, -0.15) is 0 Å². The van der Waals surface area contributed by atoms with E-state index in [0.29, 0.717) is 17.9 Å². The Balaban J connectivity index is 4.46. The monoisotopic (exact) mass is 284 g/mol. The Morgan fingerprint density at radius 3 is 1.70 bits per heavy atom. The van der Waals surface area contributed by atoms with Crippen molar-refractivity contribution < 1.29 is 0 Å². The predicted octanol–water partition coefficient (Wildman–Crippen LogP) is 4.60. The molecule has 0 aliphatic heterocycles. The third-order valence-corrected chi connectivity index (χ3v) is 5.12. The summed E-state index contributed by atoms with van der Waals surface area (Å²) in [5.41, 5.74) is 0.193. The molecule has 0 aromatic rings. The summed E-state index contributed by atoms with van der Waals surface area (Å²) in [6.07, 6.45) is 9.55. The molecule has 0 fully saturated rings. The molecule has 0 heterocycles. The maximum Gasteiger partial charge on any atom is 0.0378 e. The molecule has 0 amide bonds. The number of hydrogen-bond donors (Lipinski definition) is 2. The maximum absolute atomic E-state index is 3.66. The Labute approximate surface area is 128 Å². The highest BCUT2D eigenvalue weighted by Gasteiger charge is 2.41. The standard InChI is InChI=1S/C18H40N2/c1-8-9-10-11-12-13-14-17(19-6)18(20-7,15(2)3)16(4)5/h15-17,19-20H,8-14H2,1-7H3. The summed E-state index contributed by atoms with van der Waals surface area (Å²) < 4.78 is 0. The van der Waals surface area contributed by atoms with Crippen molar-refractivity contribution in [2.75, 3.05) is 14.1 Å². The maximum atomic E-state index is 3.66. The molecule has 0 spiro atoms. The van der Waals surface area contributed by atoms with Crippen LogP contribution in [-0.4, -0.2) is 25.7 Å². The van der Waals surface area contributed by atoms with Crippen LogP contribution in [0.15, 0.2) is 0 Å². The van der Waals surface area contributed by atoms with Gasteiger partial charge in [-0.25, -0.2) is 0 Å². The summed E-state index contributed by atoms with van der Waals surface area (Å²) in [5, 5.41) is 7.26. The van der Waals surface area contributed by atoms with E-state index >= 15 is 0 Å². The highest BCUT2D eigenvalue weighted by molar-refractivity contribution is 5.02. The van der Waals surface area contributed by atoms with E-state index in [0.717, 1.165) is 0 Å². The molecule has 2 nitrogen and oxygen atoms in total. The lowest BCUT2D eigenvalue weighted by Gasteiger charge is -2.47. The SMILES string of the molecule is CCCCCCCCC(NC)C(NC)(C(C)C)C(C)C. The van der Waals surface area contributed by atoms with Gasteiger partial charge in [0.15, 0.2) is 0 Å². The van der Waals surface area contributed by atoms with Crippen molar-refractivity contribution in [1.29, 1.82) is 0 Å². The lowest BCUT2D eigenvalue weighted by molar-refractivity contribution is 0.114. The Morgan fingerprint density at radius 2 is 1.30 bits per heavy atom. The fourth-order valence-electron chi connectivity index (χ4n) is 3.97. The van der Waals surface area contributed by atoms with Crippen molar-refractivity contribution in [3.05, 3.63) is 0 Å². The number of likely N-dealkylation sites (N-methyl/N-ethyl adjacent to an activating group) is 2. The van der Waals surface area contributed by atoms with E-state index in [1.807, 2.05) is 0 Å². The van der Waals surface area contributed by atoms with Gasteiger partial charge < -0.3 is 10.6 Å². The Hall–Kier alpha value is -0.0800. The zero-order chi connectivity index (χ0) is 15.6. The molecule has 2 N–H and O–H groups in total. The van der Waals surface area contributed by atoms with Gasteiger partial charge in [-0.3, -0.25) is 0 Å². The summed E-state index contributed by atoms with van der Waals surface area (Å²) in [4.78, 5) is 0. The van der Waals surface area contributed by atoms with E-state index < -0.39 is 0 Å². The van der Waals surface area contributed by atoms with Crippen LogP contribution < -0.4 is 10.6 Å². The van der Waals surface area contributed by atoms with E-state index in [-0.39, 0.29) is 5.54 Å². The van der Waals surface area contributed by atoms with Crippen molar-refractivity contribution in [2.24, 2.45) is 11.8 Å². The van der Waals surface area contributed by atoms with Crippen LogP contribution in [-0.2, 0) is 0 Å². The molecule has 0 aromatic heterocycles. The number of rotatable bonds is 12. The predicted molar refractivity (Wildman–Crippen MR) is 92.3 cm³/mol. The Kier molecular flexibility index (Phi) is 10.6. The summed E-state index contributed by atoms with van der Waals surface area (Å²) in [7, 11) is 4.25. The van der Waals surface area contributed by atoms with Gasteiger partial charge in [0.05, 0.1) is 0 Å². The molecule has 0 aliphatic carbocycles. The fourth-order valence-corrected chi connectivity index (χ4v) is 3.97. The molecule has 122 valence electrons. The van der Waals surface area contributed by atoms with Crippen LogP contribution >= 0.6 is 0 Å². The summed E-state index contributed by atoms with van der Waals surface area (Å²) in [6.45, 7) is 11.7. The summed E-state index contributed by atoms with van der Waals surface area (Å²) in [5.74, 6) is 1.26. The highest BCUT2D eigenvalue weighted by atomic mass is 15.1. The molecule has 0 bridgehead atoms. The third-order valence-electron chi connectivity index (χ3n) is 5.12. The lowest BCUT2D eigenvalue weighted by Crippen LogP contribution is -2.64. The molecule has 0 rings (SSSR count). The van der Waals surface area contributed by atoms with Crippen molar-refractivity contribution >= 4 is 0 Å². The molecule has 0 aromatic carbocycles. The van der Waals surface area contributed by atoms with Gasteiger partial charge in [-0.05, 0) is 32.4 Å². The van der Waals surface area contributed by atoms with Gasteiger partial charge in [-0.1, -0.05) is 73.1 Å². The normalized spacial score (nSPS) is 14.2. The summed E-state index contributed by atoms with van der Waals surface area (Å²) >= 11 is 0. The van der Waals surface area contributed by atoms with Crippen LogP contribution in [0, 0.1) is 11.8 Å². The second-order valence-corrected chi connectivity index (χ2v) is 6.89. The van der Waals surface area contributed by atoms with Crippen molar-refractivity contribution in [3.8, 4) is 0 Å². The molecule has 2 heteroatoms.